The summed E-state index contributed by atoms with van der Waals surface area (Å²) in [5.74, 6) is 0. The molecule has 96 valence electrons. The molecule has 0 aliphatic heterocycles. The zero-order chi connectivity index (χ0) is 12.7. The fourth-order valence-corrected chi connectivity index (χ4v) is 1.86. The zero-order valence-corrected chi connectivity index (χ0v) is 11.5. The largest absolute Gasteiger partial charge is 0.313 e. The third-order valence-corrected chi connectivity index (χ3v) is 2.99. The number of pyridine rings is 1. The molecule has 0 saturated carbocycles. The van der Waals surface area contributed by atoms with Crippen molar-refractivity contribution in [1.29, 1.82) is 0 Å². The van der Waals surface area contributed by atoms with Crippen LogP contribution in [0.5, 0.6) is 0 Å². The summed E-state index contributed by atoms with van der Waals surface area (Å²) in [5.41, 5.74) is 1.14. The molecule has 1 rings (SSSR count). The first-order valence-corrected chi connectivity index (χ1v) is 6.47. The van der Waals surface area contributed by atoms with Gasteiger partial charge in [0.25, 0.3) is 0 Å². The summed E-state index contributed by atoms with van der Waals surface area (Å²) in [6.07, 6.45) is 3.01. The number of nitrogens with one attached hydrogen (secondary N) is 1. The van der Waals surface area contributed by atoms with Crippen LogP contribution in [-0.2, 0) is 6.54 Å². The summed E-state index contributed by atoms with van der Waals surface area (Å²) >= 11 is 0. The second-order valence-corrected chi connectivity index (χ2v) is 4.86. The molecule has 3 heteroatoms. The summed E-state index contributed by atoms with van der Waals surface area (Å²) in [6.45, 7) is 8.56. The van der Waals surface area contributed by atoms with Gasteiger partial charge in [-0.15, -0.1) is 0 Å². The normalized spacial score (nSPS) is 13.3. The van der Waals surface area contributed by atoms with E-state index in [1.54, 1.807) is 0 Å². The Labute approximate surface area is 105 Å². The molecule has 1 atom stereocenters. The molecule has 17 heavy (non-hydrogen) atoms. The molecular weight excluding hydrogens is 210 g/mol. The van der Waals surface area contributed by atoms with Crippen LogP contribution in [0, 0.1) is 0 Å². The molecule has 1 aromatic heterocycles. The molecule has 0 radical (unpaired) electrons. The first kappa shape index (κ1) is 14.1. The Morgan fingerprint density at radius 2 is 2.12 bits per heavy atom. The molecule has 0 fully saturated rings. The van der Waals surface area contributed by atoms with Crippen molar-refractivity contribution in [2.45, 2.75) is 45.8 Å². The van der Waals surface area contributed by atoms with Crippen LogP contribution in [0.1, 0.15) is 32.9 Å². The van der Waals surface area contributed by atoms with Crippen LogP contribution in [0.15, 0.2) is 24.4 Å². The second kappa shape index (κ2) is 7.41. The highest BCUT2D eigenvalue weighted by Crippen LogP contribution is 2.06. The minimum absolute atomic E-state index is 0.548. The van der Waals surface area contributed by atoms with Gasteiger partial charge in [-0.1, -0.05) is 26.8 Å². The minimum atomic E-state index is 0.548. The Balaban J connectivity index is 2.46. The van der Waals surface area contributed by atoms with E-state index in [4.69, 9.17) is 0 Å². The average molecular weight is 235 g/mol. The highest BCUT2D eigenvalue weighted by atomic mass is 15.2. The molecule has 0 amide bonds. The van der Waals surface area contributed by atoms with E-state index >= 15 is 0 Å². The smallest absolute Gasteiger partial charge is 0.0543 e. The molecule has 0 aliphatic carbocycles. The van der Waals surface area contributed by atoms with Gasteiger partial charge in [0.05, 0.1) is 5.69 Å². The molecule has 0 aromatic carbocycles. The van der Waals surface area contributed by atoms with E-state index in [-0.39, 0.29) is 0 Å². The number of rotatable bonds is 7. The molecule has 1 aromatic rings. The van der Waals surface area contributed by atoms with Gasteiger partial charge in [-0.2, -0.15) is 0 Å². The van der Waals surface area contributed by atoms with Gasteiger partial charge >= 0.3 is 0 Å². The fraction of sp³-hybridized carbons (Fsp3) is 0.643. The standard InChI is InChI=1S/C14H25N3/c1-5-14(10-16-12(2)3)17(4)11-13-8-6-7-9-15-13/h6-9,12,14,16H,5,10-11H2,1-4H3. The molecule has 1 heterocycles. The quantitative estimate of drug-likeness (QED) is 0.786. The van der Waals surface area contributed by atoms with Crippen LogP contribution in [0.4, 0.5) is 0 Å². The minimum Gasteiger partial charge on any atom is -0.313 e. The van der Waals surface area contributed by atoms with E-state index in [2.05, 4.69) is 49.1 Å². The van der Waals surface area contributed by atoms with Gasteiger partial charge in [0.15, 0.2) is 0 Å². The molecule has 3 nitrogen and oxygen atoms in total. The highest BCUT2D eigenvalue weighted by Gasteiger charge is 2.13. The third-order valence-electron chi connectivity index (χ3n) is 2.99. The fourth-order valence-electron chi connectivity index (χ4n) is 1.86. The van der Waals surface area contributed by atoms with Crippen molar-refractivity contribution in [2.24, 2.45) is 0 Å². The van der Waals surface area contributed by atoms with E-state index < -0.39 is 0 Å². The Hall–Kier alpha value is -0.930. The van der Waals surface area contributed by atoms with E-state index in [1.165, 1.54) is 0 Å². The lowest BCUT2D eigenvalue weighted by atomic mass is 10.1. The number of hydrogen-bond donors (Lipinski definition) is 1. The van der Waals surface area contributed by atoms with Gasteiger partial charge in [-0.05, 0) is 25.6 Å². The number of aromatic nitrogens is 1. The van der Waals surface area contributed by atoms with E-state index in [0.29, 0.717) is 12.1 Å². The maximum atomic E-state index is 4.37. The monoisotopic (exact) mass is 235 g/mol. The second-order valence-electron chi connectivity index (χ2n) is 4.86. The zero-order valence-electron chi connectivity index (χ0n) is 11.5. The summed E-state index contributed by atoms with van der Waals surface area (Å²) in [6, 6.07) is 7.20. The van der Waals surface area contributed by atoms with Crippen LogP contribution in [-0.4, -0.2) is 35.6 Å². The van der Waals surface area contributed by atoms with Crippen molar-refractivity contribution < 1.29 is 0 Å². The van der Waals surface area contributed by atoms with Crippen LogP contribution in [0.3, 0.4) is 0 Å². The molecule has 0 bridgehead atoms. The van der Waals surface area contributed by atoms with Crippen molar-refractivity contribution in [3.05, 3.63) is 30.1 Å². The number of hydrogen-bond acceptors (Lipinski definition) is 3. The lowest BCUT2D eigenvalue weighted by Crippen LogP contribution is -2.41. The van der Waals surface area contributed by atoms with Crippen molar-refractivity contribution in [2.75, 3.05) is 13.6 Å². The van der Waals surface area contributed by atoms with Gasteiger partial charge in [0, 0.05) is 31.4 Å². The first-order chi connectivity index (χ1) is 8.13. The Morgan fingerprint density at radius 3 is 2.65 bits per heavy atom. The van der Waals surface area contributed by atoms with Crippen molar-refractivity contribution in [3.63, 3.8) is 0 Å². The van der Waals surface area contributed by atoms with Crippen molar-refractivity contribution >= 4 is 0 Å². The maximum absolute atomic E-state index is 4.37. The number of nitrogens with zero attached hydrogens (tertiary/aromatic N) is 2. The van der Waals surface area contributed by atoms with Crippen LogP contribution < -0.4 is 5.32 Å². The summed E-state index contributed by atoms with van der Waals surface area (Å²) in [4.78, 5) is 6.74. The molecule has 0 aliphatic rings. The van der Waals surface area contributed by atoms with Crippen molar-refractivity contribution in [1.82, 2.24) is 15.2 Å². The Kier molecular flexibility index (Phi) is 6.16. The van der Waals surface area contributed by atoms with Gasteiger partial charge in [0.2, 0.25) is 0 Å². The summed E-state index contributed by atoms with van der Waals surface area (Å²) in [5, 5.41) is 3.50. The lowest BCUT2D eigenvalue weighted by Gasteiger charge is -2.28. The predicted molar refractivity (Wildman–Crippen MR) is 72.9 cm³/mol. The van der Waals surface area contributed by atoms with Gasteiger partial charge in [-0.25, -0.2) is 0 Å². The third kappa shape index (κ3) is 5.29. The van der Waals surface area contributed by atoms with Crippen LogP contribution >= 0.6 is 0 Å². The molecular formula is C14H25N3. The topological polar surface area (TPSA) is 28.2 Å². The van der Waals surface area contributed by atoms with Gasteiger partial charge < -0.3 is 5.32 Å². The van der Waals surface area contributed by atoms with Crippen molar-refractivity contribution in [3.8, 4) is 0 Å². The van der Waals surface area contributed by atoms with Gasteiger partial charge in [0.1, 0.15) is 0 Å². The van der Waals surface area contributed by atoms with E-state index in [9.17, 15) is 0 Å². The van der Waals surface area contributed by atoms with E-state index in [0.717, 1.165) is 25.2 Å². The summed E-state index contributed by atoms with van der Waals surface area (Å²) < 4.78 is 0. The molecule has 0 spiro atoms. The molecule has 0 saturated heterocycles. The van der Waals surface area contributed by atoms with Gasteiger partial charge in [-0.3, -0.25) is 9.88 Å². The predicted octanol–water partition coefficient (Wildman–Crippen LogP) is 2.29. The Bertz CT molecular complexity index is 298. The molecule has 1 N–H and O–H groups in total. The average Bonchev–Trinajstić information content (AvgIpc) is 2.30. The summed E-state index contributed by atoms with van der Waals surface area (Å²) in [7, 11) is 2.17. The van der Waals surface area contributed by atoms with Crippen LogP contribution in [0.25, 0.3) is 0 Å². The SMILES string of the molecule is CCC(CNC(C)C)N(C)Cc1ccccn1. The Morgan fingerprint density at radius 1 is 1.35 bits per heavy atom. The van der Waals surface area contributed by atoms with E-state index in [1.807, 2.05) is 18.3 Å². The van der Waals surface area contributed by atoms with Crippen LogP contribution in [0.2, 0.25) is 0 Å². The first-order valence-electron chi connectivity index (χ1n) is 6.47. The molecule has 1 unspecified atom stereocenters. The maximum Gasteiger partial charge on any atom is 0.0543 e. The highest BCUT2D eigenvalue weighted by molar-refractivity contribution is 5.03. The lowest BCUT2D eigenvalue weighted by molar-refractivity contribution is 0.216. The number of likely N-dealkylation sites (N-methyl/N-ethyl adjacent to an activating group) is 1.